The summed E-state index contributed by atoms with van der Waals surface area (Å²) >= 11 is 0. The Morgan fingerprint density at radius 3 is 2.58 bits per heavy atom. The van der Waals surface area contributed by atoms with Crippen LogP contribution in [0.4, 0.5) is 0 Å². The van der Waals surface area contributed by atoms with Gasteiger partial charge < -0.3 is 4.74 Å². The molecule has 0 saturated carbocycles. The highest BCUT2D eigenvalue weighted by Crippen LogP contribution is 2.21. The fourth-order valence-corrected chi connectivity index (χ4v) is 1.50. The van der Waals surface area contributed by atoms with Crippen molar-refractivity contribution in [1.82, 2.24) is 4.98 Å². The summed E-state index contributed by atoms with van der Waals surface area (Å²) in [6.07, 6.45) is 2.90. The van der Waals surface area contributed by atoms with Crippen LogP contribution < -0.4 is 4.74 Å². The molecule has 0 aliphatic carbocycles. The molecule has 1 aromatic rings. The van der Waals surface area contributed by atoms with Crippen LogP contribution in [0.5, 0.6) is 5.88 Å². The van der Waals surface area contributed by atoms with Gasteiger partial charge in [-0.15, -0.1) is 0 Å². The standard InChI is InChI=1S/C10H15NO/c1-5-9-7(2)6-11-10(12-4)8(9)3/h6H,5H2,1-4H3. The van der Waals surface area contributed by atoms with E-state index >= 15 is 0 Å². The summed E-state index contributed by atoms with van der Waals surface area (Å²) in [7, 11) is 1.66. The van der Waals surface area contributed by atoms with Gasteiger partial charge in [0.1, 0.15) is 0 Å². The molecule has 0 N–H and O–H groups in total. The lowest BCUT2D eigenvalue weighted by Gasteiger charge is -2.09. The van der Waals surface area contributed by atoms with Crippen LogP contribution in [0.3, 0.4) is 0 Å². The lowest BCUT2D eigenvalue weighted by molar-refractivity contribution is 0.393. The Morgan fingerprint density at radius 2 is 2.08 bits per heavy atom. The lowest BCUT2D eigenvalue weighted by Crippen LogP contribution is -1.98. The van der Waals surface area contributed by atoms with Crippen LogP contribution >= 0.6 is 0 Å². The molecule has 0 radical (unpaired) electrons. The second-order valence-corrected chi connectivity index (χ2v) is 2.91. The zero-order chi connectivity index (χ0) is 9.14. The van der Waals surface area contributed by atoms with Gasteiger partial charge in [0.15, 0.2) is 0 Å². The zero-order valence-electron chi connectivity index (χ0n) is 8.14. The fourth-order valence-electron chi connectivity index (χ4n) is 1.50. The number of hydrogen-bond acceptors (Lipinski definition) is 2. The molecule has 0 bridgehead atoms. The van der Waals surface area contributed by atoms with E-state index < -0.39 is 0 Å². The number of ether oxygens (including phenoxy) is 1. The minimum Gasteiger partial charge on any atom is -0.481 e. The topological polar surface area (TPSA) is 22.1 Å². The van der Waals surface area contributed by atoms with Gasteiger partial charge in [-0.25, -0.2) is 4.98 Å². The van der Waals surface area contributed by atoms with Crippen LogP contribution in [0, 0.1) is 13.8 Å². The summed E-state index contributed by atoms with van der Waals surface area (Å²) in [4.78, 5) is 4.18. The molecule has 2 heteroatoms. The van der Waals surface area contributed by atoms with Gasteiger partial charge in [-0.1, -0.05) is 6.92 Å². The van der Waals surface area contributed by atoms with E-state index in [0.717, 1.165) is 12.3 Å². The number of aromatic nitrogens is 1. The van der Waals surface area contributed by atoms with E-state index in [2.05, 4.69) is 25.8 Å². The molecule has 1 heterocycles. The Morgan fingerprint density at radius 1 is 1.42 bits per heavy atom. The van der Waals surface area contributed by atoms with Gasteiger partial charge in [0.05, 0.1) is 7.11 Å². The zero-order valence-corrected chi connectivity index (χ0v) is 8.14. The third kappa shape index (κ3) is 1.42. The predicted molar refractivity (Wildman–Crippen MR) is 49.6 cm³/mol. The van der Waals surface area contributed by atoms with Gasteiger partial charge in [-0.3, -0.25) is 0 Å². The molecule has 0 unspecified atom stereocenters. The van der Waals surface area contributed by atoms with E-state index in [4.69, 9.17) is 4.74 Å². The highest BCUT2D eigenvalue weighted by atomic mass is 16.5. The maximum Gasteiger partial charge on any atom is 0.216 e. The molecule has 0 saturated heterocycles. The van der Waals surface area contributed by atoms with Crippen LogP contribution in [-0.4, -0.2) is 12.1 Å². The van der Waals surface area contributed by atoms with Crippen LogP contribution in [0.15, 0.2) is 6.20 Å². The molecule has 66 valence electrons. The van der Waals surface area contributed by atoms with Gasteiger partial charge in [-0.05, 0) is 31.4 Å². The molecule has 0 atom stereocenters. The third-order valence-electron chi connectivity index (χ3n) is 2.17. The smallest absolute Gasteiger partial charge is 0.216 e. The second kappa shape index (κ2) is 3.57. The highest BCUT2D eigenvalue weighted by molar-refractivity contribution is 5.38. The first kappa shape index (κ1) is 9.04. The van der Waals surface area contributed by atoms with Crippen LogP contribution in [-0.2, 0) is 6.42 Å². The van der Waals surface area contributed by atoms with E-state index in [1.54, 1.807) is 7.11 Å². The van der Waals surface area contributed by atoms with Crippen molar-refractivity contribution in [3.63, 3.8) is 0 Å². The Balaban J connectivity index is 3.24. The van der Waals surface area contributed by atoms with E-state index in [-0.39, 0.29) is 0 Å². The first-order valence-electron chi connectivity index (χ1n) is 4.19. The van der Waals surface area contributed by atoms with Crippen molar-refractivity contribution in [3.05, 3.63) is 22.9 Å². The number of nitrogens with zero attached hydrogens (tertiary/aromatic N) is 1. The Hall–Kier alpha value is -1.05. The number of rotatable bonds is 2. The number of methoxy groups -OCH3 is 1. The number of hydrogen-bond donors (Lipinski definition) is 0. The molecule has 0 aliphatic heterocycles. The Bertz CT molecular complexity index is 281. The molecule has 12 heavy (non-hydrogen) atoms. The molecule has 1 aromatic heterocycles. The predicted octanol–water partition coefficient (Wildman–Crippen LogP) is 2.27. The van der Waals surface area contributed by atoms with Crippen molar-refractivity contribution >= 4 is 0 Å². The third-order valence-corrected chi connectivity index (χ3v) is 2.17. The van der Waals surface area contributed by atoms with E-state index in [0.29, 0.717) is 0 Å². The van der Waals surface area contributed by atoms with Gasteiger partial charge in [-0.2, -0.15) is 0 Å². The Kier molecular flexibility index (Phi) is 2.69. The first-order chi connectivity index (χ1) is 5.70. The summed E-state index contributed by atoms with van der Waals surface area (Å²) < 4.78 is 5.13. The van der Waals surface area contributed by atoms with Crippen LogP contribution in [0.2, 0.25) is 0 Å². The number of pyridine rings is 1. The molecule has 0 aromatic carbocycles. The van der Waals surface area contributed by atoms with Crippen LogP contribution in [0.25, 0.3) is 0 Å². The van der Waals surface area contributed by atoms with Crippen molar-refractivity contribution in [1.29, 1.82) is 0 Å². The van der Waals surface area contributed by atoms with E-state index in [1.165, 1.54) is 16.7 Å². The van der Waals surface area contributed by atoms with Crippen molar-refractivity contribution in [2.45, 2.75) is 27.2 Å². The Labute approximate surface area is 73.6 Å². The van der Waals surface area contributed by atoms with Gasteiger partial charge in [0.2, 0.25) is 5.88 Å². The largest absolute Gasteiger partial charge is 0.481 e. The summed E-state index contributed by atoms with van der Waals surface area (Å²) in [5.74, 6) is 0.748. The average molecular weight is 165 g/mol. The lowest BCUT2D eigenvalue weighted by atomic mass is 10.0. The van der Waals surface area contributed by atoms with Gasteiger partial charge >= 0.3 is 0 Å². The summed E-state index contributed by atoms with van der Waals surface area (Å²) in [6.45, 7) is 6.28. The maximum atomic E-state index is 5.13. The highest BCUT2D eigenvalue weighted by Gasteiger charge is 2.06. The molecule has 1 rings (SSSR count). The van der Waals surface area contributed by atoms with Gasteiger partial charge in [0.25, 0.3) is 0 Å². The second-order valence-electron chi connectivity index (χ2n) is 2.91. The fraction of sp³-hybridized carbons (Fsp3) is 0.500. The SMILES string of the molecule is CCc1c(C)cnc(OC)c1C. The first-order valence-corrected chi connectivity index (χ1v) is 4.19. The monoisotopic (exact) mass is 165 g/mol. The minimum absolute atomic E-state index is 0.748. The van der Waals surface area contributed by atoms with Crippen molar-refractivity contribution in [3.8, 4) is 5.88 Å². The summed E-state index contributed by atoms with van der Waals surface area (Å²) in [5, 5.41) is 0. The quantitative estimate of drug-likeness (QED) is 0.670. The minimum atomic E-state index is 0.748. The molecule has 0 spiro atoms. The molecule has 0 amide bonds. The van der Waals surface area contributed by atoms with E-state index in [9.17, 15) is 0 Å². The van der Waals surface area contributed by atoms with Crippen molar-refractivity contribution < 1.29 is 4.74 Å². The maximum absolute atomic E-state index is 5.13. The van der Waals surface area contributed by atoms with E-state index in [1.807, 2.05) is 6.20 Å². The molecular formula is C10H15NO. The molecule has 0 fully saturated rings. The summed E-state index contributed by atoms with van der Waals surface area (Å²) in [6, 6.07) is 0. The van der Waals surface area contributed by atoms with Crippen molar-refractivity contribution in [2.24, 2.45) is 0 Å². The normalized spacial score (nSPS) is 10.0. The van der Waals surface area contributed by atoms with Crippen molar-refractivity contribution in [2.75, 3.05) is 7.11 Å². The number of aryl methyl sites for hydroxylation is 1. The van der Waals surface area contributed by atoms with Crippen LogP contribution in [0.1, 0.15) is 23.6 Å². The molecule has 0 aliphatic rings. The summed E-state index contributed by atoms with van der Waals surface area (Å²) in [5.41, 5.74) is 3.76. The molecular weight excluding hydrogens is 150 g/mol. The van der Waals surface area contributed by atoms with Gasteiger partial charge in [0, 0.05) is 11.8 Å². The molecule has 2 nitrogen and oxygen atoms in total. The average Bonchev–Trinajstić information content (AvgIpc) is 2.06.